The molecule has 2 aromatic carbocycles. The van der Waals surface area contributed by atoms with Crippen molar-refractivity contribution < 1.29 is 9.53 Å². The molecule has 0 saturated carbocycles. The Labute approximate surface area is 265 Å². The van der Waals surface area contributed by atoms with Crippen LogP contribution in [0, 0.1) is 13.8 Å². The molecule has 11 heteroatoms. The van der Waals surface area contributed by atoms with E-state index in [1.807, 2.05) is 68.4 Å². The highest BCUT2D eigenvalue weighted by molar-refractivity contribution is 6.36. The van der Waals surface area contributed by atoms with Gasteiger partial charge in [-0.1, -0.05) is 48.0 Å². The van der Waals surface area contributed by atoms with Gasteiger partial charge in [-0.2, -0.15) is 5.10 Å². The van der Waals surface area contributed by atoms with E-state index in [2.05, 4.69) is 26.0 Å². The molecule has 3 aromatic heterocycles. The van der Waals surface area contributed by atoms with E-state index in [0.29, 0.717) is 47.3 Å². The molecule has 0 radical (unpaired) electrons. The lowest BCUT2D eigenvalue weighted by Crippen LogP contribution is -2.35. The molecule has 45 heavy (non-hydrogen) atoms. The van der Waals surface area contributed by atoms with E-state index in [1.54, 1.807) is 20.4 Å². The second-order valence-electron chi connectivity index (χ2n) is 11.2. The lowest BCUT2D eigenvalue weighted by molar-refractivity contribution is -0.119. The summed E-state index contributed by atoms with van der Waals surface area (Å²) < 4.78 is 6.95. The molecule has 0 aliphatic carbocycles. The van der Waals surface area contributed by atoms with Gasteiger partial charge in [0.1, 0.15) is 5.82 Å². The number of halogens is 1. The van der Waals surface area contributed by atoms with Gasteiger partial charge in [-0.25, -0.2) is 14.6 Å². The van der Waals surface area contributed by atoms with Crippen molar-refractivity contribution in [3.63, 3.8) is 0 Å². The zero-order valence-corrected chi connectivity index (χ0v) is 26.3. The van der Waals surface area contributed by atoms with Gasteiger partial charge >= 0.3 is 0 Å². The summed E-state index contributed by atoms with van der Waals surface area (Å²) in [6.45, 7) is 5.14. The second kappa shape index (κ2) is 12.7. The first-order valence-corrected chi connectivity index (χ1v) is 15.1. The van der Waals surface area contributed by atoms with E-state index in [0.717, 1.165) is 51.0 Å². The Morgan fingerprint density at radius 2 is 1.82 bits per heavy atom. The Balaban J connectivity index is 1.29. The summed E-state index contributed by atoms with van der Waals surface area (Å²) in [4.78, 5) is 33.9. The Bertz CT molecular complexity index is 1990. The number of carbonyl (C=O) groups excluding carboxylic acids is 1. The summed E-state index contributed by atoms with van der Waals surface area (Å²) in [5, 5.41) is 15.7. The molecule has 0 spiro atoms. The van der Waals surface area contributed by atoms with E-state index >= 15 is 0 Å². The largest absolute Gasteiger partial charge is 0.481 e. The topological polar surface area (TPSA) is 123 Å². The first-order chi connectivity index (χ1) is 21.7. The number of aromatic nitrogens is 4. The van der Waals surface area contributed by atoms with Crippen molar-refractivity contribution in [3.05, 3.63) is 93.0 Å². The highest BCUT2D eigenvalue weighted by Gasteiger charge is 2.21. The normalized spacial score (nSPS) is 14.5. The molecule has 1 fully saturated rings. The third kappa shape index (κ3) is 6.11. The molecule has 1 saturated heterocycles. The number of methoxy groups -OCH3 is 1. The number of benzene rings is 2. The molecule has 1 amide bonds. The van der Waals surface area contributed by atoms with Gasteiger partial charge in [0.2, 0.25) is 11.8 Å². The van der Waals surface area contributed by atoms with Crippen molar-refractivity contribution in [1.82, 2.24) is 30.4 Å². The molecule has 1 unspecified atom stereocenters. The summed E-state index contributed by atoms with van der Waals surface area (Å²) in [7, 11) is 3.23. The zero-order valence-electron chi connectivity index (χ0n) is 25.6. The first kappa shape index (κ1) is 30.2. The summed E-state index contributed by atoms with van der Waals surface area (Å²) in [6.07, 6.45) is 3.09. The van der Waals surface area contributed by atoms with Gasteiger partial charge in [0.25, 0.3) is 5.56 Å². The molecule has 4 heterocycles. The van der Waals surface area contributed by atoms with E-state index < -0.39 is 0 Å². The third-order valence-corrected chi connectivity index (χ3v) is 8.54. The summed E-state index contributed by atoms with van der Waals surface area (Å²) in [5.41, 5.74) is 6.47. The number of amides is 1. The van der Waals surface area contributed by atoms with Gasteiger partial charge in [0, 0.05) is 66.1 Å². The number of hydrogen-bond donors (Lipinski definition) is 3. The van der Waals surface area contributed by atoms with Crippen LogP contribution in [0.2, 0.25) is 5.02 Å². The van der Waals surface area contributed by atoms with Crippen molar-refractivity contribution in [1.29, 1.82) is 0 Å². The van der Waals surface area contributed by atoms with Gasteiger partial charge in [-0.3, -0.25) is 9.59 Å². The van der Waals surface area contributed by atoms with Gasteiger partial charge in [0.15, 0.2) is 0 Å². The standard InChI is InChI=1S/C34H34ClN7O3/c1-19-15-22-17-37-42(3)34(44)30(22)32(38-19)40-27-10-6-7-24(20(27)2)25-8-5-9-26(31(25)35)28-13-11-21(33(41-28)45-4)16-36-18-23-12-14-29(43)39-23/h5-11,13,15,17,23,36H,12,14,16,18H2,1-4H3,(H,38,40)(H,39,43). The Hall–Kier alpha value is -4.80. The lowest BCUT2D eigenvalue weighted by atomic mass is 9.96. The molecular formula is C34H34ClN7O3. The second-order valence-corrected chi connectivity index (χ2v) is 11.6. The number of hydrogen-bond acceptors (Lipinski definition) is 8. The fourth-order valence-electron chi connectivity index (χ4n) is 5.75. The SMILES string of the molecule is COc1nc(-c2cccc(-c3cccc(Nc4nc(C)cc5cnn(C)c(=O)c45)c3C)c2Cl)ccc1CNCC1CCC(=O)N1. The average Bonchev–Trinajstić information content (AvgIpc) is 3.45. The summed E-state index contributed by atoms with van der Waals surface area (Å²) >= 11 is 7.09. The summed E-state index contributed by atoms with van der Waals surface area (Å²) in [6, 6.07) is 17.7. The van der Waals surface area contributed by atoms with Crippen LogP contribution in [0.4, 0.5) is 11.5 Å². The minimum Gasteiger partial charge on any atom is -0.481 e. The molecule has 0 bridgehead atoms. The van der Waals surface area contributed by atoms with Crippen LogP contribution in [-0.2, 0) is 18.4 Å². The number of nitrogens with one attached hydrogen (secondary N) is 3. The molecule has 1 aliphatic rings. The van der Waals surface area contributed by atoms with Crippen molar-refractivity contribution in [2.75, 3.05) is 19.0 Å². The van der Waals surface area contributed by atoms with Crippen LogP contribution in [0.1, 0.15) is 29.7 Å². The van der Waals surface area contributed by atoms with Gasteiger partial charge < -0.3 is 20.7 Å². The minimum absolute atomic E-state index is 0.101. The number of aryl methyl sites for hydroxylation is 2. The highest BCUT2D eigenvalue weighted by atomic mass is 35.5. The molecular weight excluding hydrogens is 590 g/mol. The van der Waals surface area contributed by atoms with Gasteiger partial charge in [-0.05, 0) is 49.6 Å². The van der Waals surface area contributed by atoms with Gasteiger partial charge in [-0.15, -0.1) is 0 Å². The van der Waals surface area contributed by atoms with E-state index in [9.17, 15) is 9.59 Å². The maximum atomic E-state index is 13.0. The Morgan fingerprint density at radius 3 is 2.60 bits per heavy atom. The van der Waals surface area contributed by atoms with Crippen LogP contribution < -0.4 is 26.2 Å². The predicted octanol–water partition coefficient (Wildman–Crippen LogP) is 5.45. The quantitative estimate of drug-likeness (QED) is 0.198. The summed E-state index contributed by atoms with van der Waals surface area (Å²) in [5.74, 6) is 1.09. The van der Waals surface area contributed by atoms with Crippen LogP contribution in [0.3, 0.4) is 0 Å². The van der Waals surface area contributed by atoms with Crippen molar-refractivity contribution in [2.45, 2.75) is 39.3 Å². The maximum absolute atomic E-state index is 13.0. The Kier molecular flexibility index (Phi) is 8.51. The van der Waals surface area contributed by atoms with Crippen molar-refractivity contribution in [3.8, 4) is 28.3 Å². The van der Waals surface area contributed by atoms with E-state index in [4.69, 9.17) is 21.3 Å². The fraction of sp³-hybridized carbons (Fsp3) is 0.265. The van der Waals surface area contributed by atoms with Crippen molar-refractivity contribution >= 4 is 39.8 Å². The maximum Gasteiger partial charge on any atom is 0.278 e. The van der Waals surface area contributed by atoms with E-state index in [1.165, 1.54) is 4.68 Å². The lowest BCUT2D eigenvalue weighted by Gasteiger charge is -2.17. The first-order valence-electron chi connectivity index (χ1n) is 14.8. The minimum atomic E-state index is -0.223. The number of pyridine rings is 2. The van der Waals surface area contributed by atoms with Crippen LogP contribution in [0.5, 0.6) is 5.88 Å². The molecule has 1 atom stereocenters. The van der Waals surface area contributed by atoms with Crippen LogP contribution in [-0.4, -0.2) is 45.4 Å². The fourth-order valence-corrected chi connectivity index (χ4v) is 6.07. The highest BCUT2D eigenvalue weighted by Crippen LogP contribution is 2.40. The van der Waals surface area contributed by atoms with Crippen molar-refractivity contribution in [2.24, 2.45) is 7.05 Å². The Morgan fingerprint density at radius 1 is 1.04 bits per heavy atom. The van der Waals surface area contributed by atoms with E-state index in [-0.39, 0.29) is 17.5 Å². The molecule has 10 nitrogen and oxygen atoms in total. The average molecular weight is 624 g/mol. The smallest absolute Gasteiger partial charge is 0.278 e. The predicted molar refractivity (Wildman–Crippen MR) is 177 cm³/mol. The molecule has 1 aliphatic heterocycles. The number of rotatable bonds is 9. The zero-order chi connectivity index (χ0) is 31.7. The molecule has 3 N–H and O–H groups in total. The number of fused-ring (bicyclic) bond motifs is 1. The number of anilines is 2. The van der Waals surface area contributed by atoms with Crippen LogP contribution >= 0.6 is 11.6 Å². The van der Waals surface area contributed by atoms with Gasteiger partial charge in [0.05, 0.1) is 29.4 Å². The number of carbonyl (C=O) groups is 1. The molecule has 5 aromatic rings. The molecule has 6 rings (SSSR count). The third-order valence-electron chi connectivity index (χ3n) is 8.13. The van der Waals surface area contributed by atoms with Crippen LogP contribution in [0.15, 0.2) is 65.6 Å². The number of nitrogens with zero attached hydrogens (tertiary/aromatic N) is 4. The molecule has 230 valence electrons. The number of ether oxygens (including phenoxy) is 1. The van der Waals surface area contributed by atoms with Crippen LogP contribution in [0.25, 0.3) is 33.2 Å². The monoisotopic (exact) mass is 623 g/mol.